The van der Waals surface area contributed by atoms with E-state index in [-0.39, 0.29) is 5.41 Å². The van der Waals surface area contributed by atoms with Crippen molar-refractivity contribution < 1.29 is 0 Å². The highest BCUT2D eigenvalue weighted by molar-refractivity contribution is 5.80. The fraction of sp³-hybridized carbons (Fsp3) is 0.259. The lowest BCUT2D eigenvalue weighted by atomic mass is 9.81. The summed E-state index contributed by atoms with van der Waals surface area (Å²) in [5.74, 6) is 0. The highest BCUT2D eigenvalue weighted by Gasteiger charge is 2.18. The second-order valence-corrected chi connectivity index (χ2v) is 8.12. The Morgan fingerprint density at radius 2 is 1.48 bits per heavy atom. The molecule has 0 bridgehead atoms. The first kappa shape index (κ1) is 20.7. The number of hydrogen-bond donors (Lipinski definition) is 0. The van der Waals surface area contributed by atoms with Gasteiger partial charge in [0.15, 0.2) is 0 Å². The molecule has 0 saturated heterocycles. The molecule has 0 N–H and O–H groups in total. The topological polar surface area (TPSA) is 0 Å². The molecule has 2 aromatic carbocycles. The Morgan fingerprint density at radius 1 is 0.926 bits per heavy atom. The molecule has 2 rings (SSSR count). The normalized spacial score (nSPS) is 12.8. The van der Waals surface area contributed by atoms with Crippen molar-refractivity contribution in [1.29, 1.82) is 0 Å². The van der Waals surface area contributed by atoms with Crippen molar-refractivity contribution in [3.63, 3.8) is 0 Å². The summed E-state index contributed by atoms with van der Waals surface area (Å²) in [6.07, 6.45) is 7.13. The van der Waals surface area contributed by atoms with Crippen LogP contribution in [0.25, 0.3) is 11.1 Å². The molecule has 0 nitrogen and oxygen atoms in total. The van der Waals surface area contributed by atoms with Crippen LogP contribution in [0.4, 0.5) is 0 Å². The van der Waals surface area contributed by atoms with Crippen molar-refractivity contribution in [2.24, 2.45) is 5.41 Å². The van der Waals surface area contributed by atoms with Crippen LogP contribution in [0.5, 0.6) is 0 Å². The third-order valence-corrected chi connectivity index (χ3v) is 4.78. The second-order valence-electron chi connectivity index (χ2n) is 8.12. The van der Waals surface area contributed by atoms with Crippen LogP contribution in [0.3, 0.4) is 0 Å². The van der Waals surface area contributed by atoms with Crippen molar-refractivity contribution >= 4 is 11.1 Å². The molecule has 0 heteroatoms. The fourth-order valence-corrected chi connectivity index (χ4v) is 3.23. The van der Waals surface area contributed by atoms with Gasteiger partial charge in [-0.05, 0) is 59.1 Å². The maximum atomic E-state index is 4.30. The first-order valence-electron chi connectivity index (χ1n) is 9.60. The molecule has 0 unspecified atom stereocenters. The fourth-order valence-electron chi connectivity index (χ4n) is 3.23. The van der Waals surface area contributed by atoms with Gasteiger partial charge in [-0.2, -0.15) is 0 Å². The Hall–Kier alpha value is -2.60. The predicted molar refractivity (Wildman–Crippen MR) is 122 cm³/mol. The summed E-state index contributed by atoms with van der Waals surface area (Å²) in [5, 5.41) is 0. The lowest BCUT2D eigenvalue weighted by Crippen LogP contribution is -2.09. The SMILES string of the molecule is C=C/C(=C(\C=C/C)C(C)(C)C)c1ccc(C(=C)Cc2ccc(C)cc2)cc1. The molecule has 0 aliphatic carbocycles. The van der Waals surface area contributed by atoms with Gasteiger partial charge in [-0.15, -0.1) is 0 Å². The van der Waals surface area contributed by atoms with E-state index in [1.807, 2.05) is 6.08 Å². The van der Waals surface area contributed by atoms with Gasteiger partial charge in [-0.3, -0.25) is 0 Å². The molecule has 0 spiro atoms. The second kappa shape index (κ2) is 8.86. The van der Waals surface area contributed by atoms with Crippen LogP contribution < -0.4 is 0 Å². The summed E-state index contributed by atoms with van der Waals surface area (Å²) in [6, 6.07) is 17.4. The van der Waals surface area contributed by atoms with Gasteiger partial charge in [-0.1, -0.05) is 106 Å². The van der Waals surface area contributed by atoms with Crippen LogP contribution in [0.2, 0.25) is 0 Å². The standard InChI is InChI=1S/C27H32/c1-8-10-26(27(5,6)7)25(9-2)24-17-15-23(16-18-24)21(4)19-22-13-11-20(3)12-14-22/h8-18H,2,4,19H2,1,3,5-7H3/b10-8-,26-25-. The molecular formula is C27H32. The van der Waals surface area contributed by atoms with E-state index >= 15 is 0 Å². The van der Waals surface area contributed by atoms with E-state index in [0.29, 0.717) is 0 Å². The molecular weight excluding hydrogens is 324 g/mol. The molecule has 0 saturated carbocycles. The maximum Gasteiger partial charge on any atom is -0.00257 e. The summed E-state index contributed by atoms with van der Waals surface area (Å²) < 4.78 is 0. The van der Waals surface area contributed by atoms with Crippen molar-refractivity contribution in [2.45, 2.75) is 41.0 Å². The molecule has 140 valence electrons. The zero-order valence-electron chi connectivity index (χ0n) is 17.5. The van der Waals surface area contributed by atoms with E-state index in [2.05, 4.69) is 108 Å². The first-order chi connectivity index (χ1) is 12.8. The van der Waals surface area contributed by atoms with Gasteiger partial charge in [0.25, 0.3) is 0 Å². The Balaban J connectivity index is 2.30. The van der Waals surface area contributed by atoms with Gasteiger partial charge in [-0.25, -0.2) is 0 Å². The molecule has 0 atom stereocenters. The van der Waals surface area contributed by atoms with Crippen molar-refractivity contribution in [1.82, 2.24) is 0 Å². The summed E-state index contributed by atoms with van der Waals surface area (Å²) in [5.41, 5.74) is 8.65. The molecule has 0 aliphatic rings. The zero-order valence-corrected chi connectivity index (χ0v) is 17.5. The number of benzene rings is 2. The Bertz CT molecular complexity index is 848. The zero-order chi connectivity index (χ0) is 20.0. The van der Waals surface area contributed by atoms with E-state index in [1.54, 1.807) is 0 Å². The average Bonchev–Trinajstić information content (AvgIpc) is 2.63. The monoisotopic (exact) mass is 356 g/mol. The molecule has 27 heavy (non-hydrogen) atoms. The van der Waals surface area contributed by atoms with Crippen molar-refractivity contribution in [3.8, 4) is 0 Å². The van der Waals surface area contributed by atoms with Crippen molar-refractivity contribution in [2.75, 3.05) is 0 Å². The third-order valence-electron chi connectivity index (χ3n) is 4.78. The van der Waals surface area contributed by atoms with Crippen LogP contribution in [-0.2, 0) is 6.42 Å². The van der Waals surface area contributed by atoms with E-state index in [0.717, 1.165) is 12.0 Å². The molecule has 0 heterocycles. The minimum absolute atomic E-state index is 0.0593. The Kier molecular flexibility index (Phi) is 6.80. The minimum Gasteiger partial charge on any atom is -0.0984 e. The Labute approximate surface area is 165 Å². The molecule has 0 amide bonds. The Morgan fingerprint density at radius 3 is 1.96 bits per heavy atom. The molecule has 0 radical (unpaired) electrons. The van der Waals surface area contributed by atoms with Crippen LogP contribution in [0.1, 0.15) is 49.9 Å². The largest absolute Gasteiger partial charge is 0.0984 e. The lowest BCUT2D eigenvalue weighted by molar-refractivity contribution is 0.519. The van der Waals surface area contributed by atoms with Gasteiger partial charge in [0.2, 0.25) is 0 Å². The van der Waals surface area contributed by atoms with E-state index in [4.69, 9.17) is 0 Å². The molecule has 0 aromatic heterocycles. The quantitative estimate of drug-likeness (QED) is 0.463. The number of hydrogen-bond acceptors (Lipinski definition) is 0. The molecule has 0 fully saturated rings. The number of rotatable bonds is 6. The highest BCUT2D eigenvalue weighted by atomic mass is 14.2. The van der Waals surface area contributed by atoms with Gasteiger partial charge in [0, 0.05) is 0 Å². The van der Waals surface area contributed by atoms with E-state index < -0.39 is 0 Å². The third kappa shape index (κ3) is 5.44. The van der Waals surface area contributed by atoms with Gasteiger partial charge in [0.05, 0.1) is 0 Å². The van der Waals surface area contributed by atoms with Crippen LogP contribution in [0.15, 0.2) is 85.5 Å². The average molecular weight is 357 g/mol. The van der Waals surface area contributed by atoms with Gasteiger partial charge < -0.3 is 0 Å². The smallest absolute Gasteiger partial charge is 0.00257 e. The van der Waals surface area contributed by atoms with Crippen LogP contribution >= 0.6 is 0 Å². The van der Waals surface area contributed by atoms with E-state index in [1.165, 1.54) is 33.4 Å². The lowest BCUT2D eigenvalue weighted by Gasteiger charge is -2.24. The summed E-state index contributed by atoms with van der Waals surface area (Å²) in [7, 11) is 0. The summed E-state index contributed by atoms with van der Waals surface area (Å²) >= 11 is 0. The highest BCUT2D eigenvalue weighted by Crippen LogP contribution is 2.34. The summed E-state index contributed by atoms with van der Waals surface area (Å²) in [4.78, 5) is 0. The van der Waals surface area contributed by atoms with Crippen LogP contribution in [0, 0.1) is 12.3 Å². The van der Waals surface area contributed by atoms with Crippen LogP contribution in [-0.4, -0.2) is 0 Å². The predicted octanol–water partition coefficient (Wildman–Crippen LogP) is 7.81. The maximum absolute atomic E-state index is 4.30. The van der Waals surface area contributed by atoms with Crippen molar-refractivity contribution in [3.05, 3.63) is 108 Å². The summed E-state index contributed by atoms with van der Waals surface area (Å²) in [6.45, 7) is 19.3. The molecule has 2 aromatic rings. The van der Waals surface area contributed by atoms with E-state index in [9.17, 15) is 0 Å². The van der Waals surface area contributed by atoms with Gasteiger partial charge in [0.1, 0.15) is 0 Å². The number of allylic oxidation sites excluding steroid dienone is 6. The van der Waals surface area contributed by atoms with Gasteiger partial charge >= 0.3 is 0 Å². The molecule has 0 aliphatic heterocycles. The first-order valence-corrected chi connectivity index (χ1v) is 9.60. The minimum atomic E-state index is 0.0593. The number of aryl methyl sites for hydroxylation is 1.